The Balaban J connectivity index is 1.74. The Bertz CT molecular complexity index is 1410. The molecule has 212 valence electrons. The summed E-state index contributed by atoms with van der Waals surface area (Å²) in [7, 11) is 1.18. The lowest BCUT2D eigenvalue weighted by atomic mass is 9.92. The summed E-state index contributed by atoms with van der Waals surface area (Å²) in [5, 5.41) is 2.37. The molecule has 3 aromatic rings. The number of aromatic nitrogens is 1. The van der Waals surface area contributed by atoms with Crippen molar-refractivity contribution >= 4 is 17.6 Å². The topological polar surface area (TPSA) is 80.8 Å². The van der Waals surface area contributed by atoms with Crippen molar-refractivity contribution in [2.24, 2.45) is 0 Å². The first-order valence-electron chi connectivity index (χ1n) is 11.5. The average molecular weight is 571 g/mol. The van der Waals surface area contributed by atoms with Gasteiger partial charge in [0.25, 0.3) is 11.8 Å². The molecule has 0 spiro atoms. The largest absolute Gasteiger partial charge is 0.497 e. The Morgan fingerprint density at radius 1 is 1.05 bits per heavy atom. The van der Waals surface area contributed by atoms with E-state index in [0.717, 1.165) is 53.4 Å². The molecule has 0 aliphatic carbocycles. The van der Waals surface area contributed by atoms with Crippen LogP contribution in [0.15, 0.2) is 48.5 Å². The third kappa shape index (κ3) is 5.80. The van der Waals surface area contributed by atoms with Gasteiger partial charge in [0.1, 0.15) is 40.7 Å². The summed E-state index contributed by atoms with van der Waals surface area (Å²) in [6.07, 6.45) is -4.84. The first-order chi connectivity index (χ1) is 18.8. The van der Waals surface area contributed by atoms with Gasteiger partial charge in [0, 0.05) is 35.7 Å². The predicted octanol–water partition coefficient (Wildman–Crippen LogP) is 5.23. The second-order valence-electron chi connectivity index (χ2n) is 8.75. The fraction of sp³-hybridized carbons (Fsp3) is 0.269. The molecule has 7 nitrogen and oxygen atoms in total. The van der Waals surface area contributed by atoms with Gasteiger partial charge in [-0.25, -0.2) is 13.8 Å². The van der Waals surface area contributed by atoms with Crippen molar-refractivity contribution in [3.05, 3.63) is 82.5 Å². The minimum Gasteiger partial charge on any atom is -0.497 e. The van der Waals surface area contributed by atoms with Gasteiger partial charge in [-0.2, -0.15) is 22.0 Å². The van der Waals surface area contributed by atoms with E-state index in [-0.39, 0.29) is 22.6 Å². The molecule has 1 aromatic heterocycles. The zero-order chi connectivity index (χ0) is 29.4. The van der Waals surface area contributed by atoms with Crippen molar-refractivity contribution in [1.82, 2.24) is 10.3 Å². The van der Waals surface area contributed by atoms with Crippen LogP contribution in [0.1, 0.15) is 33.1 Å². The van der Waals surface area contributed by atoms with Crippen molar-refractivity contribution in [2.75, 3.05) is 18.6 Å². The van der Waals surface area contributed by atoms with Gasteiger partial charge in [0.15, 0.2) is 0 Å². The number of pyridine rings is 1. The maximum atomic E-state index is 15.1. The minimum absolute atomic E-state index is 0.115. The number of alkyl halides is 5. The standard InChI is InChI=1S/C26H20F7N3O4/c1-12-3-8-19(26(31,32)33)34-22(12)36-11-16(20-17(27)9-15(39-2)10-18(20)28)21(24(36)38)35-23(37)13-4-6-14(7-5-13)40-25(29)30/h3-10,16,21,25H,11H2,1-2H3,(H,35,37)/t16-,21-/m0/s1. The zero-order valence-corrected chi connectivity index (χ0v) is 20.7. The van der Waals surface area contributed by atoms with Crippen LogP contribution in [0.5, 0.6) is 11.5 Å². The van der Waals surface area contributed by atoms with E-state index in [0.29, 0.717) is 0 Å². The van der Waals surface area contributed by atoms with Gasteiger partial charge in [-0.3, -0.25) is 14.5 Å². The van der Waals surface area contributed by atoms with Crippen LogP contribution in [0.2, 0.25) is 0 Å². The number of methoxy groups -OCH3 is 1. The normalized spacial score (nSPS) is 17.4. The molecule has 0 unspecified atom stereocenters. The Hall–Kier alpha value is -4.36. The van der Waals surface area contributed by atoms with E-state index < -0.39 is 71.8 Å². The Morgan fingerprint density at radius 2 is 1.68 bits per heavy atom. The summed E-state index contributed by atoms with van der Waals surface area (Å²) in [5.41, 5.74) is -1.85. The quantitative estimate of drug-likeness (QED) is 0.393. The zero-order valence-electron chi connectivity index (χ0n) is 20.7. The molecule has 1 N–H and O–H groups in total. The van der Waals surface area contributed by atoms with Gasteiger partial charge in [-0.1, -0.05) is 6.07 Å². The number of carbonyl (C=O) groups excluding carboxylic acids is 2. The molecule has 1 fully saturated rings. The summed E-state index contributed by atoms with van der Waals surface area (Å²) in [5.74, 6) is -6.33. The highest BCUT2D eigenvalue weighted by molar-refractivity contribution is 6.05. The average Bonchev–Trinajstić information content (AvgIpc) is 3.18. The summed E-state index contributed by atoms with van der Waals surface area (Å²) in [6, 6.07) is 6.27. The van der Waals surface area contributed by atoms with Gasteiger partial charge in [0.2, 0.25) is 0 Å². The third-order valence-electron chi connectivity index (χ3n) is 6.22. The van der Waals surface area contributed by atoms with Crippen molar-refractivity contribution < 1.29 is 49.8 Å². The van der Waals surface area contributed by atoms with Gasteiger partial charge < -0.3 is 14.8 Å². The van der Waals surface area contributed by atoms with Crippen LogP contribution in [0, 0.1) is 18.6 Å². The molecule has 1 saturated heterocycles. The highest BCUT2D eigenvalue weighted by Crippen LogP contribution is 2.38. The molecule has 1 aliphatic rings. The summed E-state index contributed by atoms with van der Waals surface area (Å²) >= 11 is 0. The van der Waals surface area contributed by atoms with Crippen LogP contribution in [0.4, 0.5) is 36.6 Å². The van der Waals surface area contributed by atoms with Gasteiger partial charge in [-0.05, 0) is 42.8 Å². The highest BCUT2D eigenvalue weighted by Gasteiger charge is 2.46. The molecule has 0 bridgehead atoms. The van der Waals surface area contributed by atoms with Crippen LogP contribution < -0.4 is 19.7 Å². The minimum atomic E-state index is -4.84. The van der Waals surface area contributed by atoms with Crippen molar-refractivity contribution in [2.45, 2.75) is 31.7 Å². The molecule has 2 atom stereocenters. The molecule has 40 heavy (non-hydrogen) atoms. The lowest BCUT2D eigenvalue weighted by molar-refractivity contribution is -0.141. The van der Waals surface area contributed by atoms with Crippen LogP contribution in [-0.2, 0) is 11.0 Å². The van der Waals surface area contributed by atoms with Crippen molar-refractivity contribution in [3.8, 4) is 11.5 Å². The monoisotopic (exact) mass is 571 g/mol. The van der Waals surface area contributed by atoms with Crippen LogP contribution >= 0.6 is 0 Å². The fourth-order valence-corrected chi connectivity index (χ4v) is 4.34. The second kappa shape index (κ2) is 11.0. The molecular weight excluding hydrogens is 551 g/mol. The molecule has 4 rings (SSSR count). The fourth-order valence-electron chi connectivity index (χ4n) is 4.34. The van der Waals surface area contributed by atoms with Crippen LogP contribution in [0.3, 0.4) is 0 Å². The van der Waals surface area contributed by atoms with Gasteiger partial charge in [0.05, 0.1) is 7.11 Å². The predicted molar refractivity (Wildman–Crippen MR) is 126 cm³/mol. The number of hydrogen-bond donors (Lipinski definition) is 1. The molecule has 2 amide bonds. The number of rotatable bonds is 7. The SMILES string of the molecule is COc1cc(F)c([C@@H]2CN(c3nc(C(F)(F)F)ccc3C)C(=O)[C@H]2NC(=O)c2ccc(OC(F)F)cc2)c(F)c1. The van der Waals surface area contributed by atoms with E-state index in [1.54, 1.807) is 0 Å². The number of benzene rings is 2. The van der Waals surface area contributed by atoms with E-state index >= 15 is 8.78 Å². The maximum absolute atomic E-state index is 15.1. The van der Waals surface area contributed by atoms with Gasteiger partial charge in [-0.15, -0.1) is 0 Å². The molecular formula is C26H20F7N3O4. The molecule has 0 radical (unpaired) electrons. The lowest BCUT2D eigenvalue weighted by Crippen LogP contribution is -2.44. The summed E-state index contributed by atoms with van der Waals surface area (Å²) in [4.78, 5) is 30.9. The molecule has 2 aromatic carbocycles. The number of hydrogen-bond acceptors (Lipinski definition) is 5. The van der Waals surface area contributed by atoms with E-state index in [9.17, 15) is 31.5 Å². The number of amides is 2. The van der Waals surface area contributed by atoms with Gasteiger partial charge >= 0.3 is 12.8 Å². The number of nitrogens with one attached hydrogen (secondary N) is 1. The van der Waals surface area contributed by atoms with Crippen LogP contribution in [-0.4, -0.2) is 43.1 Å². The highest BCUT2D eigenvalue weighted by atomic mass is 19.4. The van der Waals surface area contributed by atoms with Crippen LogP contribution in [0.25, 0.3) is 0 Å². The van der Waals surface area contributed by atoms with Crippen molar-refractivity contribution in [1.29, 1.82) is 0 Å². The Kier molecular flexibility index (Phi) is 7.89. The van der Waals surface area contributed by atoms with E-state index in [1.165, 1.54) is 14.0 Å². The number of ether oxygens (including phenoxy) is 2. The first-order valence-corrected chi connectivity index (χ1v) is 11.5. The number of nitrogens with zero attached hydrogens (tertiary/aromatic N) is 2. The maximum Gasteiger partial charge on any atom is 0.433 e. The number of anilines is 1. The Labute approximate surface area is 222 Å². The van der Waals surface area contributed by atoms with E-state index in [1.807, 2.05) is 0 Å². The molecule has 0 saturated carbocycles. The molecule has 1 aliphatic heterocycles. The third-order valence-corrected chi connectivity index (χ3v) is 6.22. The Morgan fingerprint density at radius 3 is 2.23 bits per heavy atom. The number of halogens is 7. The molecule has 2 heterocycles. The number of aryl methyl sites for hydroxylation is 1. The lowest BCUT2D eigenvalue weighted by Gasteiger charge is -2.20. The molecule has 14 heteroatoms. The first kappa shape index (κ1) is 28.6. The number of carbonyl (C=O) groups is 2. The summed E-state index contributed by atoms with van der Waals surface area (Å²) < 4.78 is 104. The summed E-state index contributed by atoms with van der Waals surface area (Å²) in [6.45, 7) is -2.24. The van der Waals surface area contributed by atoms with E-state index in [4.69, 9.17) is 4.74 Å². The smallest absolute Gasteiger partial charge is 0.433 e. The van der Waals surface area contributed by atoms with Crippen molar-refractivity contribution in [3.63, 3.8) is 0 Å². The van der Waals surface area contributed by atoms with E-state index in [2.05, 4.69) is 15.0 Å². The second-order valence-corrected chi connectivity index (χ2v) is 8.75.